The third-order valence-corrected chi connectivity index (χ3v) is 5.03. The highest BCUT2D eigenvalue weighted by Crippen LogP contribution is 2.22. The summed E-state index contributed by atoms with van der Waals surface area (Å²) in [6, 6.07) is 7.41. The molecule has 1 aliphatic heterocycles. The number of halogens is 1. The lowest BCUT2D eigenvalue weighted by Gasteiger charge is -2.35. The van der Waals surface area contributed by atoms with Crippen molar-refractivity contribution in [3.8, 4) is 0 Å². The van der Waals surface area contributed by atoms with Crippen LogP contribution in [0.2, 0.25) is 5.02 Å². The zero-order chi connectivity index (χ0) is 18.8. The smallest absolute Gasteiger partial charge is 0.227 e. The summed E-state index contributed by atoms with van der Waals surface area (Å²) in [7, 11) is 0. The van der Waals surface area contributed by atoms with Crippen LogP contribution in [0.3, 0.4) is 0 Å². The van der Waals surface area contributed by atoms with E-state index in [1.807, 2.05) is 36.1 Å². The van der Waals surface area contributed by atoms with Crippen LogP contribution < -0.4 is 4.90 Å². The number of nitrogens with zero attached hydrogens (tertiary/aromatic N) is 7. The van der Waals surface area contributed by atoms with Gasteiger partial charge in [0.1, 0.15) is 6.33 Å². The normalized spacial score (nSPS) is 14.7. The molecule has 3 aromatic rings. The van der Waals surface area contributed by atoms with Crippen LogP contribution in [-0.4, -0.2) is 61.9 Å². The van der Waals surface area contributed by atoms with E-state index in [1.54, 1.807) is 11.0 Å². The van der Waals surface area contributed by atoms with Gasteiger partial charge in [-0.1, -0.05) is 28.9 Å². The number of carbonyl (C=O) groups is 1. The number of rotatable bonds is 4. The largest absolute Gasteiger partial charge is 0.351 e. The lowest BCUT2D eigenvalue weighted by atomic mass is 10.1. The fourth-order valence-electron chi connectivity index (χ4n) is 3.28. The molecule has 8 nitrogen and oxygen atoms in total. The van der Waals surface area contributed by atoms with Gasteiger partial charge in [-0.15, -0.1) is 5.10 Å². The zero-order valence-electron chi connectivity index (χ0n) is 15.0. The molecule has 140 valence electrons. The predicted molar refractivity (Wildman–Crippen MR) is 103 cm³/mol. The molecule has 9 heteroatoms. The van der Waals surface area contributed by atoms with E-state index >= 15 is 0 Å². The highest BCUT2D eigenvalue weighted by molar-refractivity contribution is 6.30. The van der Waals surface area contributed by atoms with E-state index in [-0.39, 0.29) is 5.91 Å². The number of fused-ring (bicyclic) bond motifs is 1. The van der Waals surface area contributed by atoms with Crippen LogP contribution in [0.25, 0.3) is 11.2 Å². The fraction of sp³-hybridized carbons (Fsp3) is 0.389. The van der Waals surface area contributed by atoms with E-state index in [9.17, 15) is 4.79 Å². The van der Waals surface area contributed by atoms with Gasteiger partial charge in [0.2, 0.25) is 5.91 Å². The number of aryl methyl sites for hydroxylation is 1. The third-order valence-electron chi connectivity index (χ3n) is 4.78. The van der Waals surface area contributed by atoms with Crippen LogP contribution in [-0.2, 0) is 17.8 Å². The maximum absolute atomic E-state index is 12.6. The van der Waals surface area contributed by atoms with Gasteiger partial charge in [-0.3, -0.25) is 4.79 Å². The highest BCUT2D eigenvalue weighted by atomic mass is 35.5. The van der Waals surface area contributed by atoms with E-state index in [4.69, 9.17) is 11.6 Å². The first kappa shape index (κ1) is 17.7. The second kappa shape index (κ2) is 7.48. The zero-order valence-corrected chi connectivity index (χ0v) is 15.8. The quantitative estimate of drug-likeness (QED) is 0.681. The average Bonchev–Trinajstić information content (AvgIpc) is 3.13. The highest BCUT2D eigenvalue weighted by Gasteiger charge is 2.24. The van der Waals surface area contributed by atoms with Crippen molar-refractivity contribution >= 4 is 34.5 Å². The van der Waals surface area contributed by atoms with Gasteiger partial charge in [0.05, 0.1) is 6.42 Å². The summed E-state index contributed by atoms with van der Waals surface area (Å²) in [4.78, 5) is 25.3. The first-order chi connectivity index (χ1) is 13.2. The summed E-state index contributed by atoms with van der Waals surface area (Å²) in [5.41, 5.74) is 2.42. The minimum atomic E-state index is 0.127. The number of benzene rings is 1. The molecule has 0 aliphatic carbocycles. The van der Waals surface area contributed by atoms with Gasteiger partial charge < -0.3 is 9.80 Å². The first-order valence-corrected chi connectivity index (χ1v) is 9.35. The predicted octanol–water partition coefficient (Wildman–Crippen LogP) is 1.79. The van der Waals surface area contributed by atoms with Gasteiger partial charge in [-0.2, -0.15) is 0 Å². The molecule has 0 atom stereocenters. The lowest BCUT2D eigenvalue weighted by Crippen LogP contribution is -2.49. The monoisotopic (exact) mass is 385 g/mol. The van der Waals surface area contributed by atoms with E-state index in [0.29, 0.717) is 49.7 Å². The third kappa shape index (κ3) is 3.57. The number of anilines is 1. The Morgan fingerprint density at radius 2 is 1.85 bits per heavy atom. The Hall–Kier alpha value is -2.74. The molecule has 0 unspecified atom stereocenters. The molecule has 0 spiro atoms. The SMILES string of the molecule is CCn1nnc2c(N3CCN(C(=O)Cc4ccc(Cl)cc4)CC3)ncnc21. The van der Waals surface area contributed by atoms with Crippen LogP contribution >= 0.6 is 11.6 Å². The maximum Gasteiger partial charge on any atom is 0.227 e. The van der Waals surface area contributed by atoms with Gasteiger partial charge in [-0.25, -0.2) is 14.6 Å². The Morgan fingerprint density at radius 3 is 2.56 bits per heavy atom. The van der Waals surface area contributed by atoms with Crippen LogP contribution in [0.4, 0.5) is 5.82 Å². The molecule has 27 heavy (non-hydrogen) atoms. The summed E-state index contributed by atoms with van der Waals surface area (Å²) in [6.45, 7) is 5.43. The molecular formula is C18H20ClN7O. The Bertz CT molecular complexity index is 948. The molecule has 1 amide bonds. The Kier molecular flexibility index (Phi) is 4.89. The molecule has 1 saturated heterocycles. The topological polar surface area (TPSA) is 80.0 Å². The van der Waals surface area contributed by atoms with Crippen molar-refractivity contribution < 1.29 is 4.79 Å². The number of amides is 1. The van der Waals surface area contributed by atoms with Crippen molar-refractivity contribution in [3.05, 3.63) is 41.2 Å². The van der Waals surface area contributed by atoms with Gasteiger partial charge in [0.25, 0.3) is 0 Å². The van der Waals surface area contributed by atoms with Crippen LogP contribution in [0.1, 0.15) is 12.5 Å². The summed E-state index contributed by atoms with van der Waals surface area (Å²) >= 11 is 5.90. The van der Waals surface area contributed by atoms with E-state index < -0.39 is 0 Å². The average molecular weight is 386 g/mol. The van der Waals surface area contributed by atoms with Crippen molar-refractivity contribution in [2.75, 3.05) is 31.1 Å². The standard InChI is InChI=1S/C18H20ClN7O/c1-2-26-18-16(22-23-26)17(20-12-21-18)25-9-7-24(8-10-25)15(27)11-13-3-5-14(19)6-4-13/h3-6,12H,2,7-11H2,1H3. The fourth-order valence-corrected chi connectivity index (χ4v) is 3.41. The molecule has 1 fully saturated rings. The second-order valence-corrected chi connectivity index (χ2v) is 6.88. The van der Waals surface area contributed by atoms with Crippen molar-refractivity contribution in [2.45, 2.75) is 19.9 Å². The Labute approximate surface area is 161 Å². The van der Waals surface area contributed by atoms with Crippen molar-refractivity contribution in [3.63, 3.8) is 0 Å². The van der Waals surface area contributed by atoms with Crippen molar-refractivity contribution in [2.24, 2.45) is 0 Å². The lowest BCUT2D eigenvalue weighted by molar-refractivity contribution is -0.130. The Morgan fingerprint density at radius 1 is 1.11 bits per heavy atom. The molecule has 0 saturated carbocycles. The molecule has 4 rings (SSSR count). The van der Waals surface area contributed by atoms with Gasteiger partial charge in [0, 0.05) is 37.7 Å². The molecular weight excluding hydrogens is 366 g/mol. The minimum absolute atomic E-state index is 0.127. The number of hydrogen-bond donors (Lipinski definition) is 0. The molecule has 3 heterocycles. The molecule has 0 N–H and O–H groups in total. The number of carbonyl (C=O) groups excluding carboxylic acids is 1. The molecule has 1 aromatic carbocycles. The number of aromatic nitrogens is 5. The van der Waals surface area contributed by atoms with E-state index in [2.05, 4.69) is 25.2 Å². The molecule has 1 aliphatic rings. The van der Waals surface area contributed by atoms with Crippen molar-refractivity contribution in [1.29, 1.82) is 0 Å². The summed E-state index contributed by atoms with van der Waals surface area (Å²) < 4.78 is 1.76. The van der Waals surface area contributed by atoms with Gasteiger partial charge in [-0.05, 0) is 24.6 Å². The summed E-state index contributed by atoms with van der Waals surface area (Å²) in [5, 5.41) is 9.04. The summed E-state index contributed by atoms with van der Waals surface area (Å²) in [6.07, 6.45) is 1.94. The maximum atomic E-state index is 12.6. The van der Waals surface area contributed by atoms with Crippen LogP contribution in [0, 0.1) is 0 Å². The van der Waals surface area contributed by atoms with Crippen LogP contribution in [0.15, 0.2) is 30.6 Å². The molecule has 0 bridgehead atoms. The number of piperazine rings is 1. The van der Waals surface area contributed by atoms with Crippen LogP contribution in [0.5, 0.6) is 0 Å². The van der Waals surface area contributed by atoms with E-state index in [1.165, 1.54) is 0 Å². The van der Waals surface area contributed by atoms with Gasteiger partial charge in [0.15, 0.2) is 17.0 Å². The van der Waals surface area contributed by atoms with E-state index in [0.717, 1.165) is 17.0 Å². The van der Waals surface area contributed by atoms with Gasteiger partial charge >= 0.3 is 0 Å². The van der Waals surface area contributed by atoms with Crippen molar-refractivity contribution in [1.82, 2.24) is 29.9 Å². The number of hydrogen-bond acceptors (Lipinski definition) is 6. The molecule has 0 radical (unpaired) electrons. The second-order valence-electron chi connectivity index (χ2n) is 6.45. The minimum Gasteiger partial charge on any atom is -0.351 e. The molecule has 2 aromatic heterocycles. The first-order valence-electron chi connectivity index (χ1n) is 8.97. The Balaban J connectivity index is 1.42. The summed E-state index contributed by atoms with van der Waals surface area (Å²) in [5.74, 6) is 0.909.